The summed E-state index contributed by atoms with van der Waals surface area (Å²) in [5.74, 6) is 0.394. The molecule has 0 spiro atoms. The van der Waals surface area contributed by atoms with E-state index < -0.39 is 5.82 Å². The third-order valence-electron chi connectivity index (χ3n) is 5.05. The normalized spacial score (nSPS) is 10.7. The van der Waals surface area contributed by atoms with E-state index in [1.807, 2.05) is 19.1 Å². The molecule has 0 unspecified atom stereocenters. The zero-order valence-electron chi connectivity index (χ0n) is 17.3. The Kier molecular flexibility index (Phi) is 5.62. The van der Waals surface area contributed by atoms with Gasteiger partial charge in [0.2, 0.25) is 0 Å². The monoisotopic (exact) mass is 418 g/mol. The van der Waals surface area contributed by atoms with Crippen molar-refractivity contribution in [3.8, 4) is 45.0 Å². The minimum Gasteiger partial charge on any atom is -0.497 e. The van der Waals surface area contributed by atoms with E-state index in [-0.39, 0.29) is 5.82 Å². The second kappa shape index (κ2) is 8.52. The van der Waals surface area contributed by atoms with Crippen molar-refractivity contribution in [1.29, 1.82) is 0 Å². The highest BCUT2D eigenvalue weighted by atomic mass is 19.1. The van der Waals surface area contributed by atoms with Gasteiger partial charge in [-0.2, -0.15) is 5.10 Å². The number of halogens is 2. The summed E-state index contributed by atoms with van der Waals surface area (Å²) in [4.78, 5) is 0. The first-order valence-electron chi connectivity index (χ1n) is 9.63. The Balaban J connectivity index is 2.11. The van der Waals surface area contributed by atoms with Gasteiger partial charge in [-0.05, 0) is 54.4 Å². The molecule has 0 aliphatic heterocycles. The van der Waals surface area contributed by atoms with Crippen LogP contribution in [0.1, 0.15) is 5.69 Å². The standard InChI is InChI=1S/C25H20F2N2O2/c1-15-23(16-8-10-18(26)11-9-16)24(17-12-19(30-2)14-20(13-17)31-3)25(29-28-15)21-6-4-5-7-22(21)27/h4-14H,1-3H3. The van der Waals surface area contributed by atoms with Gasteiger partial charge in [-0.3, -0.25) is 0 Å². The summed E-state index contributed by atoms with van der Waals surface area (Å²) in [5, 5.41) is 8.65. The lowest BCUT2D eigenvalue weighted by Crippen LogP contribution is -2.02. The third kappa shape index (κ3) is 3.97. The molecule has 4 aromatic rings. The van der Waals surface area contributed by atoms with Crippen LogP contribution in [0.15, 0.2) is 66.7 Å². The minimum absolute atomic E-state index is 0.315. The quantitative estimate of drug-likeness (QED) is 0.394. The topological polar surface area (TPSA) is 44.2 Å². The molecule has 0 N–H and O–H groups in total. The van der Waals surface area contributed by atoms with E-state index in [1.165, 1.54) is 18.2 Å². The largest absolute Gasteiger partial charge is 0.497 e. The van der Waals surface area contributed by atoms with E-state index >= 15 is 0 Å². The number of nitrogens with zero attached hydrogens (tertiary/aromatic N) is 2. The van der Waals surface area contributed by atoms with Crippen molar-refractivity contribution in [2.24, 2.45) is 0 Å². The summed E-state index contributed by atoms with van der Waals surface area (Å²) in [5.41, 5.74) is 4.15. The molecule has 0 saturated carbocycles. The first-order chi connectivity index (χ1) is 15.0. The first kappa shape index (κ1) is 20.5. The van der Waals surface area contributed by atoms with Crippen LogP contribution in [0.3, 0.4) is 0 Å². The van der Waals surface area contributed by atoms with Gasteiger partial charge in [0.1, 0.15) is 28.8 Å². The van der Waals surface area contributed by atoms with Crippen LogP contribution in [-0.2, 0) is 0 Å². The van der Waals surface area contributed by atoms with Gasteiger partial charge in [-0.15, -0.1) is 5.10 Å². The molecule has 0 bridgehead atoms. The van der Waals surface area contributed by atoms with Crippen LogP contribution in [0.25, 0.3) is 33.5 Å². The maximum absolute atomic E-state index is 14.8. The molecule has 0 amide bonds. The lowest BCUT2D eigenvalue weighted by Gasteiger charge is -2.18. The van der Waals surface area contributed by atoms with Crippen LogP contribution in [0, 0.1) is 18.6 Å². The maximum atomic E-state index is 14.8. The van der Waals surface area contributed by atoms with Crippen LogP contribution in [-0.4, -0.2) is 24.4 Å². The number of rotatable bonds is 5. The summed E-state index contributed by atoms with van der Waals surface area (Å²) in [6.45, 7) is 1.82. The number of benzene rings is 3. The molecule has 0 fully saturated rings. The van der Waals surface area contributed by atoms with Crippen molar-refractivity contribution in [1.82, 2.24) is 10.2 Å². The van der Waals surface area contributed by atoms with Gasteiger partial charge in [0, 0.05) is 22.8 Å². The molecule has 3 aromatic carbocycles. The molecule has 0 aliphatic carbocycles. The zero-order chi connectivity index (χ0) is 22.0. The van der Waals surface area contributed by atoms with E-state index in [1.54, 1.807) is 50.6 Å². The molecular formula is C25H20F2N2O2. The molecule has 31 heavy (non-hydrogen) atoms. The lowest BCUT2D eigenvalue weighted by atomic mass is 9.90. The summed E-state index contributed by atoms with van der Waals surface area (Å²) in [6.07, 6.45) is 0. The molecule has 1 heterocycles. The Labute approximate surface area is 179 Å². The van der Waals surface area contributed by atoms with Crippen LogP contribution >= 0.6 is 0 Å². The van der Waals surface area contributed by atoms with Crippen LogP contribution < -0.4 is 9.47 Å². The minimum atomic E-state index is -0.415. The highest BCUT2D eigenvalue weighted by Gasteiger charge is 2.22. The lowest BCUT2D eigenvalue weighted by molar-refractivity contribution is 0.394. The fraction of sp³-hybridized carbons (Fsp3) is 0.120. The Morgan fingerprint density at radius 1 is 0.710 bits per heavy atom. The molecule has 0 aliphatic rings. The fourth-order valence-electron chi connectivity index (χ4n) is 3.57. The predicted octanol–water partition coefficient (Wildman–Crippen LogP) is 6.08. The van der Waals surface area contributed by atoms with Gasteiger partial charge in [0.15, 0.2) is 0 Å². The van der Waals surface area contributed by atoms with Crippen molar-refractivity contribution in [2.45, 2.75) is 6.92 Å². The summed E-state index contributed by atoms with van der Waals surface area (Å²) >= 11 is 0. The summed E-state index contributed by atoms with van der Waals surface area (Å²) < 4.78 is 39.3. The molecule has 0 radical (unpaired) electrons. The number of methoxy groups -OCH3 is 2. The van der Waals surface area contributed by atoms with E-state index in [4.69, 9.17) is 9.47 Å². The molecule has 6 heteroatoms. The zero-order valence-corrected chi connectivity index (χ0v) is 17.3. The SMILES string of the molecule is COc1cc(OC)cc(-c2c(-c3ccccc3F)nnc(C)c2-c2ccc(F)cc2)c1. The highest BCUT2D eigenvalue weighted by Crippen LogP contribution is 2.42. The number of aromatic nitrogens is 2. The van der Waals surface area contributed by atoms with E-state index in [0.29, 0.717) is 39.6 Å². The third-order valence-corrected chi connectivity index (χ3v) is 5.05. The van der Waals surface area contributed by atoms with Crippen molar-refractivity contribution in [3.05, 3.63) is 84.1 Å². The Morgan fingerprint density at radius 3 is 1.97 bits per heavy atom. The second-order valence-corrected chi connectivity index (χ2v) is 6.97. The molecule has 156 valence electrons. The number of ether oxygens (including phenoxy) is 2. The van der Waals surface area contributed by atoms with Crippen molar-refractivity contribution in [2.75, 3.05) is 14.2 Å². The van der Waals surface area contributed by atoms with Gasteiger partial charge in [-0.1, -0.05) is 24.3 Å². The Bertz CT molecular complexity index is 1220. The number of hydrogen-bond acceptors (Lipinski definition) is 4. The smallest absolute Gasteiger partial charge is 0.132 e. The van der Waals surface area contributed by atoms with Crippen LogP contribution in [0.2, 0.25) is 0 Å². The molecule has 0 atom stereocenters. The van der Waals surface area contributed by atoms with Gasteiger partial charge in [0.05, 0.1) is 19.9 Å². The summed E-state index contributed by atoms with van der Waals surface area (Å²) in [7, 11) is 3.13. The van der Waals surface area contributed by atoms with Gasteiger partial charge < -0.3 is 9.47 Å². The number of aryl methyl sites for hydroxylation is 1. The van der Waals surface area contributed by atoms with E-state index in [2.05, 4.69) is 10.2 Å². The van der Waals surface area contributed by atoms with Gasteiger partial charge >= 0.3 is 0 Å². The van der Waals surface area contributed by atoms with Crippen molar-refractivity contribution < 1.29 is 18.3 Å². The highest BCUT2D eigenvalue weighted by molar-refractivity contribution is 5.94. The van der Waals surface area contributed by atoms with E-state index in [0.717, 1.165) is 11.1 Å². The number of hydrogen-bond donors (Lipinski definition) is 0. The van der Waals surface area contributed by atoms with Gasteiger partial charge in [0.25, 0.3) is 0 Å². The molecule has 1 aromatic heterocycles. The van der Waals surface area contributed by atoms with Crippen LogP contribution in [0.5, 0.6) is 11.5 Å². The Morgan fingerprint density at radius 2 is 1.35 bits per heavy atom. The van der Waals surface area contributed by atoms with Crippen molar-refractivity contribution in [3.63, 3.8) is 0 Å². The molecule has 4 nitrogen and oxygen atoms in total. The second-order valence-electron chi connectivity index (χ2n) is 6.97. The molecular weight excluding hydrogens is 398 g/mol. The fourth-order valence-corrected chi connectivity index (χ4v) is 3.57. The van der Waals surface area contributed by atoms with E-state index in [9.17, 15) is 8.78 Å². The van der Waals surface area contributed by atoms with Crippen LogP contribution in [0.4, 0.5) is 8.78 Å². The average Bonchev–Trinajstić information content (AvgIpc) is 2.79. The molecule has 0 saturated heterocycles. The predicted molar refractivity (Wildman–Crippen MR) is 116 cm³/mol. The van der Waals surface area contributed by atoms with Gasteiger partial charge in [-0.25, -0.2) is 8.78 Å². The molecule has 4 rings (SSSR count). The maximum Gasteiger partial charge on any atom is 0.132 e. The Hall–Kier alpha value is -3.80. The van der Waals surface area contributed by atoms with Crippen molar-refractivity contribution >= 4 is 0 Å². The summed E-state index contributed by atoms with van der Waals surface area (Å²) in [6, 6.07) is 17.9. The first-order valence-corrected chi connectivity index (χ1v) is 9.63. The average molecular weight is 418 g/mol.